The van der Waals surface area contributed by atoms with Gasteiger partial charge in [0.25, 0.3) is 0 Å². The molecule has 0 aliphatic heterocycles. The van der Waals surface area contributed by atoms with Gasteiger partial charge in [0.15, 0.2) is 5.82 Å². The Morgan fingerprint density at radius 1 is 1.31 bits per heavy atom. The third kappa shape index (κ3) is 2.47. The Balaban J connectivity index is 2.10. The molecular formula is C12H15ClFNO. The van der Waals surface area contributed by atoms with Crippen molar-refractivity contribution in [3.63, 3.8) is 0 Å². The number of aliphatic hydroxyl groups is 1. The lowest BCUT2D eigenvalue weighted by Gasteiger charge is -2.29. The van der Waals surface area contributed by atoms with Crippen molar-refractivity contribution in [3.8, 4) is 0 Å². The highest BCUT2D eigenvalue weighted by molar-refractivity contribution is 6.31. The maximum Gasteiger partial charge on any atom is 0.164 e. The molecule has 2 N–H and O–H groups in total. The highest BCUT2D eigenvalue weighted by atomic mass is 35.5. The van der Waals surface area contributed by atoms with Gasteiger partial charge in [-0.2, -0.15) is 0 Å². The highest BCUT2D eigenvalue weighted by Crippen LogP contribution is 2.26. The van der Waals surface area contributed by atoms with Crippen LogP contribution in [0, 0.1) is 5.82 Å². The SMILES string of the molecule is O[C@@H]1CCCC[C@H]1Nc1cccc(Cl)c1F. The van der Waals surface area contributed by atoms with Crippen molar-refractivity contribution in [3.05, 3.63) is 29.0 Å². The summed E-state index contributed by atoms with van der Waals surface area (Å²) >= 11 is 5.69. The van der Waals surface area contributed by atoms with Crippen molar-refractivity contribution in [2.45, 2.75) is 37.8 Å². The van der Waals surface area contributed by atoms with Gasteiger partial charge in [0, 0.05) is 0 Å². The second-order valence-electron chi connectivity index (χ2n) is 4.20. The van der Waals surface area contributed by atoms with Crippen LogP contribution >= 0.6 is 11.6 Å². The molecule has 0 bridgehead atoms. The van der Waals surface area contributed by atoms with Crippen molar-refractivity contribution in [1.29, 1.82) is 0 Å². The topological polar surface area (TPSA) is 32.3 Å². The van der Waals surface area contributed by atoms with Gasteiger partial charge in [-0.15, -0.1) is 0 Å². The van der Waals surface area contributed by atoms with Crippen molar-refractivity contribution < 1.29 is 9.50 Å². The van der Waals surface area contributed by atoms with E-state index in [2.05, 4.69) is 5.32 Å². The second-order valence-corrected chi connectivity index (χ2v) is 4.61. The molecule has 1 fully saturated rings. The highest BCUT2D eigenvalue weighted by Gasteiger charge is 2.23. The van der Waals surface area contributed by atoms with E-state index in [9.17, 15) is 9.50 Å². The van der Waals surface area contributed by atoms with Crippen LogP contribution in [0.2, 0.25) is 5.02 Å². The van der Waals surface area contributed by atoms with E-state index < -0.39 is 11.9 Å². The van der Waals surface area contributed by atoms with Crippen LogP contribution in [0.3, 0.4) is 0 Å². The first-order valence-electron chi connectivity index (χ1n) is 5.57. The molecule has 4 heteroatoms. The molecule has 0 radical (unpaired) electrons. The third-order valence-electron chi connectivity index (χ3n) is 3.02. The Labute approximate surface area is 99.4 Å². The zero-order chi connectivity index (χ0) is 11.5. The molecule has 0 aromatic heterocycles. The van der Waals surface area contributed by atoms with Gasteiger partial charge in [0.2, 0.25) is 0 Å². The van der Waals surface area contributed by atoms with Crippen molar-refractivity contribution >= 4 is 17.3 Å². The summed E-state index contributed by atoms with van der Waals surface area (Å²) in [6.45, 7) is 0. The van der Waals surface area contributed by atoms with Crippen LogP contribution in [0.25, 0.3) is 0 Å². The minimum Gasteiger partial charge on any atom is -0.391 e. The lowest BCUT2D eigenvalue weighted by Crippen LogP contribution is -2.36. The quantitative estimate of drug-likeness (QED) is 0.836. The Morgan fingerprint density at radius 2 is 2.06 bits per heavy atom. The molecule has 0 heterocycles. The number of hydrogen-bond acceptors (Lipinski definition) is 2. The van der Waals surface area contributed by atoms with E-state index in [-0.39, 0.29) is 11.1 Å². The molecule has 0 unspecified atom stereocenters. The van der Waals surface area contributed by atoms with Gasteiger partial charge in [-0.1, -0.05) is 30.5 Å². The number of benzene rings is 1. The summed E-state index contributed by atoms with van der Waals surface area (Å²) in [5, 5.41) is 12.9. The molecular weight excluding hydrogens is 229 g/mol. The van der Waals surface area contributed by atoms with Gasteiger partial charge >= 0.3 is 0 Å². The fraction of sp³-hybridized carbons (Fsp3) is 0.500. The number of halogens is 2. The Morgan fingerprint density at radius 3 is 2.81 bits per heavy atom. The molecule has 2 rings (SSSR count). The molecule has 1 saturated carbocycles. The van der Waals surface area contributed by atoms with Crippen LogP contribution in [0.5, 0.6) is 0 Å². The molecule has 2 nitrogen and oxygen atoms in total. The molecule has 0 spiro atoms. The predicted octanol–water partition coefficient (Wildman–Crippen LogP) is 3.19. The minimum atomic E-state index is -0.443. The third-order valence-corrected chi connectivity index (χ3v) is 3.31. The molecule has 1 aromatic rings. The zero-order valence-electron chi connectivity index (χ0n) is 8.92. The van der Waals surface area contributed by atoms with Crippen LogP contribution in [0.1, 0.15) is 25.7 Å². The predicted molar refractivity (Wildman–Crippen MR) is 63.3 cm³/mol. The lowest BCUT2D eigenvalue weighted by atomic mass is 9.92. The van der Waals surface area contributed by atoms with E-state index in [1.54, 1.807) is 12.1 Å². The summed E-state index contributed by atoms with van der Waals surface area (Å²) in [4.78, 5) is 0. The van der Waals surface area contributed by atoms with Crippen molar-refractivity contribution in [2.75, 3.05) is 5.32 Å². The fourth-order valence-corrected chi connectivity index (χ4v) is 2.27. The summed E-state index contributed by atoms with van der Waals surface area (Å²) in [5.41, 5.74) is 0.374. The number of aliphatic hydroxyl groups excluding tert-OH is 1. The zero-order valence-corrected chi connectivity index (χ0v) is 9.67. The van der Waals surface area contributed by atoms with E-state index >= 15 is 0 Å². The first-order chi connectivity index (χ1) is 7.68. The minimum absolute atomic E-state index is 0.0679. The average Bonchev–Trinajstić information content (AvgIpc) is 2.28. The van der Waals surface area contributed by atoms with E-state index in [1.807, 2.05) is 0 Å². The molecule has 1 aliphatic rings. The Hall–Kier alpha value is -0.800. The molecule has 1 aromatic carbocycles. The summed E-state index contributed by atoms with van der Waals surface area (Å²) < 4.78 is 13.6. The number of nitrogens with one attached hydrogen (secondary N) is 1. The van der Waals surface area contributed by atoms with Crippen LogP contribution in [0.4, 0.5) is 10.1 Å². The normalized spacial score (nSPS) is 25.4. The van der Waals surface area contributed by atoms with Crippen LogP contribution in [-0.2, 0) is 0 Å². The van der Waals surface area contributed by atoms with E-state index in [1.165, 1.54) is 6.07 Å². The largest absolute Gasteiger partial charge is 0.391 e. The molecule has 1 aliphatic carbocycles. The van der Waals surface area contributed by atoms with Crippen LogP contribution in [0.15, 0.2) is 18.2 Å². The van der Waals surface area contributed by atoms with E-state index in [4.69, 9.17) is 11.6 Å². The summed E-state index contributed by atoms with van der Waals surface area (Å²) in [6.07, 6.45) is 3.36. The Kier molecular flexibility index (Phi) is 3.66. The standard InChI is InChI=1S/C12H15ClFNO/c13-8-4-3-6-10(12(8)14)15-9-5-1-2-7-11(9)16/h3-4,6,9,11,15-16H,1-2,5,7H2/t9-,11-/m1/s1. The maximum absolute atomic E-state index is 13.6. The molecule has 88 valence electrons. The first kappa shape index (κ1) is 11.7. The van der Waals surface area contributed by atoms with E-state index in [0.29, 0.717) is 5.69 Å². The number of anilines is 1. The summed E-state index contributed by atoms with van der Waals surface area (Å²) in [6, 6.07) is 4.78. The van der Waals surface area contributed by atoms with Crippen molar-refractivity contribution in [2.24, 2.45) is 0 Å². The van der Waals surface area contributed by atoms with Crippen LogP contribution < -0.4 is 5.32 Å². The smallest absolute Gasteiger partial charge is 0.164 e. The second kappa shape index (κ2) is 5.02. The molecule has 2 atom stereocenters. The van der Waals surface area contributed by atoms with Gasteiger partial charge < -0.3 is 10.4 Å². The van der Waals surface area contributed by atoms with Gasteiger partial charge in [-0.05, 0) is 25.0 Å². The van der Waals surface area contributed by atoms with Gasteiger partial charge in [0.05, 0.1) is 22.9 Å². The Bertz CT molecular complexity index is 372. The number of rotatable bonds is 2. The van der Waals surface area contributed by atoms with Gasteiger partial charge in [-0.25, -0.2) is 4.39 Å². The lowest BCUT2D eigenvalue weighted by molar-refractivity contribution is 0.116. The molecule has 0 amide bonds. The van der Waals surface area contributed by atoms with E-state index in [0.717, 1.165) is 25.7 Å². The van der Waals surface area contributed by atoms with Crippen molar-refractivity contribution in [1.82, 2.24) is 0 Å². The summed E-state index contributed by atoms with van der Waals surface area (Å²) in [7, 11) is 0. The molecule has 0 saturated heterocycles. The fourth-order valence-electron chi connectivity index (χ4n) is 2.09. The molecule has 16 heavy (non-hydrogen) atoms. The van der Waals surface area contributed by atoms with Gasteiger partial charge in [0.1, 0.15) is 0 Å². The maximum atomic E-state index is 13.6. The average molecular weight is 244 g/mol. The van der Waals surface area contributed by atoms with Crippen LogP contribution in [-0.4, -0.2) is 17.3 Å². The summed E-state index contributed by atoms with van der Waals surface area (Å²) in [5.74, 6) is -0.443. The van der Waals surface area contributed by atoms with Gasteiger partial charge in [-0.3, -0.25) is 0 Å². The number of hydrogen-bond donors (Lipinski definition) is 2. The first-order valence-corrected chi connectivity index (χ1v) is 5.95. The monoisotopic (exact) mass is 243 g/mol.